The number of carbonyl (C=O) groups excluding carboxylic acids is 2. The largest absolute Gasteiger partial charge is 0.466 e. The maximum Gasteiger partial charge on any atom is 0.305 e. The van der Waals surface area contributed by atoms with Gasteiger partial charge in [-0.3, -0.25) is 9.59 Å². The lowest BCUT2D eigenvalue weighted by Gasteiger charge is -2.08. The normalized spacial score (nSPS) is 10.0. The zero-order chi connectivity index (χ0) is 14.3. The molecule has 19 heavy (non-hydrogen) atoms. The molecule has 0 saturated heterocycles. The van der Waals surface area contributed by atoms with Crippen LogP contribution in [0.25, 0.3) is 0 Å². The number of halogens is 1. The van der Waals surface area contributed by atoms with Gasteiger partial charge in [0.05, 0.1) is 16.6 Å². The number of nitrogens with one attached hydrogen (secondary N) is 1. The van der Waals surface area contributed by atoms with Crippen LogP contribution in [-0.4, -0.2) is 25.0 Å². The first-order valence-corrected chi connectivity index (χ1v) is 6.83. The number of ether oxygens (including phenoxy) is 1. The number of esters is 1. The van der Waals surface area contributed by atoms with Crippen molar-refractivity contribution in [2.24, 2.45) is 0 Å². The van der Waals surface area contributed by atoms with Gasteiger partial charge in [0.15, 0.2) is 0 Å². The maximum absolute atomic E-state index is 11.9. The van der Waals surface area contributed by atoms with Crippen molar-refractivity contribution in [1.29, 1.82) is 0 Å². The molecule has 5 nitrogen and oxygen atoms in total. The molecule has 1 aromatic carbocycles. The Morgan fingerprint density at radius 3 is 2.84 bits per heavy atom. The van der Waals surface area contributed by atoms with Crippen molar-refractivity contribution in [2.75, 3.05) is 18.9 Å². The minimum Gasteiger partial charge on any atom is -0.466 e. The fraction of sp³-hybridized carbons (Fsp3) is 0.385. The van der Waals surface area contributed by atoms with Crippen molar-refractivity contribution in [2.45, 2.75) is 19.8 Å². The molecule has 0 atom stereocenters. The highest BCUT2D eigenvalue weighted by Gasteiger charge is 2.11. The van der Waals surface area contributed by atoms with Crippen molar-refractivity contribution >= 4 is 33.5 Å². The Bertz CT molecular complexity index is 463. The first-order valence-electron chi connectivity index (χ1n) is 6.04. The molecule has 1 aromatic rings. The molecule has 0 heterocycles. The molecule has 0 aliphatic carbocycles. The molecule has 0 aliphatic heterocycles. The average Bonchev–Trinajstić information content (AvgIpc) is 2.38. The summed E-state index contributed by atoms with van der Waals surface area (Å²) >= 11 is 3.27. The summed E-state index contributed by atoms with van der Waals surface area (Å²) in [6.07, 6.45) is 0.844. The van der Waals surface area contributed by atoms with Crippen LogP contribution in [0.2, 0.25) is 0 Å². The molecule has 0 aliphatic rings. The van der Waals surface area contributed by atoms with Crippen LogP contribution in [0, 0.1) is 0 Å². The molecular weight excluding hydrogens is 312 g/mol. The van der Waals surface area contributed by atoms with Crippen LogP contribution < -0.4 is 11.1 Å². The van der Waals surface area contributed by atoms with Crippen LogP contribution in [0.5, 0.6) is 0 Å². The van der Waals surface area contributed by atoms with E-state index in [2.05, 4.69) is 21.2 Å². The minimum atomic E-state index is -0.248. The van der Waals surface area contributed by atoms with E-state index in [0.29, 0.717) is 41.7 Å². The molecule has 104 valence electrons. The van der Waals surface area contributed by atoms with Crippen molar-refractivity contribution in [1.82, 2.24) is 5.32 Å². The summed E-state index contributed by atoms with van der Waals surface area (Å²) in [4.78, 5) is 23.0. The lowest BCUT2D eigenvalue weighted by molar-refractivity contribution is -0.143. The van der Waals surface area contributed by atoms with Crippen LogP contribution >= 0.6 is 15.9 Å². The van der Waals surface area contributed by atoms with E-state index in [-0.39, 0.29) is 11.9 Å². The van der Waals surface area contributed by atoms with Crippen molar-refractivity contribution in [3.05, 3.63) is 28.2 Å². The van der Waals surface area contributed by atoms with Gasteiger partial charge in [0, 0.05) is 18.7 Å². The summed E-state index contributed by atoms with van der Waals surface area (Å²) in [6, 6.07) is 5.11. The summed E-state index contributed by atoms with van der Waals surface area (Å²) in [6.45, 7) is 2.55. The van der Waals surface area contributed by atoms with Gasteiger partial charge in [-0.1, -0.05) is 6.07 Å². The van der Waals surface area contributed by atoms with Crippen LogP contribution in [0.1, 0.15) is 30.1 Å². The molecule has 0 unspecified atom stereocenters. The third kappa shape index (κ3) is 4.90. The highest BCUT2D eigenvalue weighted by atomic mass is 79.9. The number of anilines is 1. The van der Waals surface area contributed by atoms with E-state index in [4.69, 9.17) is 10.5 Å². The lowest BCUT2D eigenvalue weighted by atomic mass is 10.2. The number of carbonyl (C=O) groups is 2. The van der Waals surface area contributed by atoms with E-state index >= 15 is 0 Å². The highest BCUT2D eigenvalue weighted by Crippen LogP contribution is 2.23. The van der Waals surface area contributed by atoms with E-state index in [9.17, 15) is 9.59 Å². The Balaban J connectivity index is 2.40. The monoisotopic (exact) mass is 328 g/mol. The molecule has 1 amide bonds. The lowest BCUT2D eigenvalue weighted by Crippen LogP contribution is -2.25. The van der Waals surface area contributed by atoms with Gasteiger partial charge >= 0.3 is 5.97 Å². The van der Waals surface area contributed by atoms with Gasteiger partial charge < -0.3 is 15.8 Å². The summed E-state index contributed by atoms with van der Waals surface area (Å²) in [5.41, 5.74) is 6.69. The third-order valence-electron chi connectivity index (χ3n) is 2.42. The van der Waals surface area contributed by atoms with Crippen molar-refractivity contribution < 1.29 is 14.3 Å². The Kier molecular flexibility index (Phi) is 6.35. The average molecular weight is 329 g/mol. The highest BCUT2D eigenvalue weighted by molar-refractivity contribution is 9.10. The third-order valence-corrected chi connectivity index (χ3v) is 3.31. The van der Waals surface area contributed by atoms with Crippen LogP contribution in [0.3, 0.4) is 0 Å². The van der Waals surface area contributed by atoms with Crippen LogP contribution in [0.15, 0.2) is 22.7 Å². The van der Waals surface area contributed by atoms with E-state index in [0.717, 1.165) is 0 Å². The Hall–Kier alpha value is -1.56. The number of nitrogen functional groups attached to an aromatic ring is 1. The quantitative estimate of drug-likeness (QED) is 0.476. The standard InChI is InChI=1S/C13H17BrN2O3/c1-2-19-11(17)7-4-8-16-13(18)9-5-3-6-10(15)12(9)14/h3,5-6H,2,4,7-8,15H2,1H3,(H,16,18). The molecule has 0 saturated carbocycles. The first-order chi connectivity index (χ1) is 9.06. The van der Waals surface area contributed by atoms with Gasteiger partial charge in [-0.15, -0.1) is 0 Å². The molecule has 1 rings (SSSR count). The number of nitrogens with two attached hydrogens (primary N) is 1. The van der Waals surface area contributed by atoms with Crippen LogP contribution in [-0.2, 0) is 9.53 Å². The molecule has 0 radical (unpaired) electrons. The first kappa shape index (κ1) is 15.5. The van der Waals surface area contributed by atoms with Gasteiger partial charge in [-0.2, -0.15) is 0 Å². The molecule has 0 fully saturated rings. The van der Waals surface area contributed by atoms with Gasteiger partial charge in [0.1, 0.15) is 0 Å². The minimum absolute atomic E-state index is 0.219. The second kappa shape index (κ2) is 7.78. The van der Waals surface area contributed by atoms with E-state index in [1.807, 2.05) is 0 Å². The maximum atomic E-state index is 11.9. The van der Waals surface area contributed by atoms with Crippen molar-refractivity contribution in [3.63, 3.8) is 0 Å². The van der Waals surface area contributed by atoms with Gasteiger partial charge in [0.2, 0.25) is 0 Å². The predicted molar refractivity (Wildman–Crippen MR) is 76.8 cm³/mol. The van der Waals surface area contributed by atoms with Gasteiger partial charge in [-0.05, 0) is 41.4 Å². The van der Waals surface area contributed by atoms with E-state index in [1.54, 1.807) is 25.1 Å². The molecule has 0 aromatic heterocycles. The molecule has 3 N–H and O–H groups in total. The Labute approximate surface area is 120 Å². The van der Waals surface area contributed by atoms with E-state index in [1.165, 1.54) is 0 Å². The van der Waals surface area contributed by atoms with E-state index < -0.39 is 0 Å². The zero-order valence-corrected chi connectivity index (χ0v) is 12.3. The topological polar surface area (TPSA) is 81.4 Å². The second-order valence-corrected chi connectivity index (χ2v) is 4.67. The van der Waals surface area contributed by atoms with Gasteiger partial charge in [0.25, 0.3) is 5.91 Å². The number of amides is 1. The predicted octanol–water partition coefficient (Wildman–Crippen LogP) is 2.10. The smallest absolute Gasteiger partial charge is 0.305 e. The second-order valence-electron chi connectivity index (χ2n) is 3.87. The number of rotatable bonds is 6. The number of hydrogen-bond donors (Lipinski definition) is 2. The molecule has 0 bridgehead atoms. The summed E-state index contributed by atoms with van der Waals surface area (Å²) in [5.74, 6) is -0.468. The Morgan fingerprint density at radius 2 is 2.16 bits per heavy atom. The number of hydrogen-bond acceptors (Lipinski definition) is 4. The number of benzene rings is 1. The molecule has 6 heteroatoms. The van der Waals surface area contributed by atoms with Gasteiger partial charge in [-0.25, -0.2) is 0 Å². The summed E-state index contributed by atoms with van der Waals surface area (Å²) < 4.78 is 5.37. The van der Waals surface area contributed by atoms with Crippen molar-refractivity contribution in [3.8, 4) is 0 Å². The molecular formula is C13H17BrN2O3. The fourth-order valence-corrected chi connectivity index (χ4v) is 1.93. The SMILES string of the molecule is CCOC(=O)CCCNC(=O)c1cccc(N)c1Br. The zero-order valence-electron chi connectivity index (χ0n) is 10.7. The molecule has 0 spiro atoms. The fourth-order valence-electron chi connectivity index (χ4n) is 1.49. The Morgan fingerprint density at radius 1 is 1.42 bits per heavy atom. The summed E-state index contributed by atoms with van der Waals surface area (Å²) in [7, 11) is 0. The summed E-state index contributed by atoms with van der Waals surface area (Å²) in [5, 5.41) is 2.73. The van der Waals surface area contributed by atoms with Crippen LogP contribution in [0.4, 0.5) is 5.69 Å².